The van der Waals surface area contributed by atoms with Crippen LogP contribution >= 0.6 is 11.6 Å². The van der Waals surface area contributed by atoms with E-state index in [1.807, 2.05) is 4.90 Å². The molecular weight excluding hydrogens is 445 g/mol. The van der Waals surface area contributed by atoms with Crippen molar-refractivity contribution >= 4 is 39.0 Å². The number of carbonyl (C=O) groups is 1. The summed E-state index contributed by atoms with van der Waals surface area (Å²) in [4.78, 5) is 12.5. The number of nitrogens with one attached hydrogen (secondary N) is 1. The summed E-state index contributed by atoms with van der Waals surface area (Å²) < 4.78 is 67.7. The molecule has 6 nitrogen and oxygen atoms in total. The first-order chi connectivity index (χ1) is 14.0. The summed E-state index contributed by atoms with van der Waals surface area (Å²) in [6.45, 7) is 1.16. The predicted molar refractivity (Wildman–Crippen MR) is 107 cm³/mol. The van der Waals surface area contributed by atoms with Crippen molar-refractivity contribution in [2.75, 3.05) is 22.7 Å². The van der Waals surface area contributed by atoms with Crippen LogP contribution in [0.15, 0.2) is 41.3 Å². The highest BCUT2D eigenvalue weighted by Gasteiger charge is 2.32. The highest BCUT2D eigenvalue weighted by Crippen LogP contribution is 2.37. The fourth-order valence-electron chi connectivity index (χ4n) is 3.25. The van der Waals surface area contributed by atoms with Crippen LogP contribution in [0.3, 0.4) is 0 Å². The van der Waals surface area contributed by atoms with Crippen molar-refractivity contribution in [2.45, 2.75) is 30.3 Å². The second-order valence-electron chi connectivity index (χ2n) is 6.83. The van der Waals surface area contributed by atoms with Gasteiger partial charge >= 0.3 is 12.1 Å². The van der Waals surface area contributed by atoms with Crippen molar-refractivity contribution in [1.29, 1.82) is 0 Å². The number of hydrogen-bond acceptors (Lipinski definition) is 4. The second-order valence-corrected chi connectivity index (χ2v) is 8.89. The minimum atomic E-state index is -4.67. The first-order valence-electron chi connectivity index (χ1n) is 9.01. The maximum atomic E-state index is 13.2. The summed E-state index contributed by atoms with van der Waals surface area (Å²) in [7, 11) is -4.46. The van der Waals surface area contributed by atoms with E-state index in [0.29, 0.717) is 18.8 Å². The number of carboxylic acid groups (broad SMARTS) is 1. The molecule has 0 atom stereocenters. The second kappa shape index (κ2) is 8.35. The van der Waals surface area contributed by atoms with Gasteiger partial charge in [0.05, 0.1) is 27.5 Å². The van der Waals surface area contributed by atoms with Gasteiger partial charge in [-0.3, -0.25) is 4.72 Å². The number of anilines is 2. The number of sulfonamides is 1. The van der Waals surface area contributed by atoms with Crippen LogP contribution in [0.4, 0.5) is 24.5 Å². The van der Waals surface area contributed by atoms with Crippen molar-refractivity contribution in [1.82, 2.24) is 0 Å². The predicted octanol–water partition coefficient (Wildman–Crippen LogP) is 4.85. The van der Waals surface area contributed by atoms with E-state index in [-0.39, 0.29) is 16.3 Å². The molecule has 0 radical (unpaired) electrons. The zero-order chi connectivity index (χ0) is 22.1. The number of rotatable bonds is 5. The van der Waals surface area contributed by atoms with Crippen molar-refractivity contribution in [3.8, 4) is 0 Å². The lowest BCUT2D eigenvalue weighted by atomic mass is 10.1. The summed E-state index contributed by atoms with van der Waals surface area (Å²) >= 11 is 5.94. The molecule has 1 aliphatic heterocycles. The lowest BCUT2D eigenvalue weighted by Crippen LogP contribution is -2.30. The van der Waals surface area contributed by atoms with Gasteiger partial charge in [0.2, 0.25) is 0 Å². The zero-order valence-corrected chi connectivity index (χ0v) is 17.1. The summed E-state index contributed by atoms with van der Waals surface area (Å²) in [6, 6.07) is 5.98. The maximum Gasteiger partial charge on any atom is 0.416 e. The molecule has 1 aliphatic rings. The van der Waals surface area contributed by atoms with Gasteiger partial charge in [-0.05, 0) is 55.7 Å². The minimum absolute atomic E-state index is 0.247. The van der Waals surface area contributed by atoms with Gasteiger partial charge in [0, 0.05) is 13.1 Å². The Balaban J connectivity index is 2.07. The van der Waals surface area contributed by atoms with E-state index in [1.165, 1.54) is 6.07 Å². The molecule has 2 N–H and O–H groups in total. The fraction of sp³-hybridized carbons (Fsp3) is 0.316. The molecule has 0 unspecified atom stereocenters. The highest BCUT2D eigenvalue weighted by atomic mass is 35.5. The number of halogens is 4. The molecule has 0 saturated carbocycles. The molecule has 0 aromatic heterocycles. The number of carboxylic acids is 1. The molecule has 3 rings (SSSR count). The molecule has 0 bridgehead atoms. The third-order valence-corrected chi connectivity index (χ3v) is 6.58. The number of benzene rings is 2. The Morgan fingerprint density at radius 2 is 1.73 bits per heavy atom. The van der Waals surface area contributed by atoms with Crippen molar-refractivity contribution in [2.24, 2.45) is 0 Å². The van der Waals surface area contributed by atoms with Gasteiger partial charge in [-0.1, -0.05) is 11.6 Å². The highest BCUT2D eigenvalue weighted by molar-refractivity contribution is 7.92. The van der Waals surface area contributed by atoms with Gasteiger partial charge < -0.3 is 10.0 Å². The van der Waals surface area contributed by atoms with Crippen LogP contribution in [0.5, 0.6) is 0 Å². The van der Waals surface area contributed by atoms with E-state index in [0.717, 1.165) is 49.6 Å². The number of piperidine rings is 1. The smallest absolute Gasteiger partial charge is 0.416 e. The van der Waals surface area contributed by atoms with Crippen molar-refractivity contribution < 1.29 is 31.5 Å². The molecule has 30 heavy (non-hydrogen) atoms. The third kappa shape index (κ3) is 4.81. The van der Waals surface area contributed by atoms with Crippen LogP contribution in [-0.4, -0.2) is 32.6 Å². The molecule has 11 heteroatoms. The molecule has 162 valence electrons. The van der Waals surface area contributed by atoms with E-state index in [4.69, 9.17) is 16.7 Å². The monoisotopic (exact) mass is 462 g/mol. The van der Waals surface area contributed by atoms with E-state index in [1.54, 1.807) is 0 Å². The quantitative estimate of drug-likeness (QED) is 0.663. The van der Waals surface area contributed by atoms with Crippen LogP contribution in [0.25, 0.3) is 0 Å². The van der Waals surface area contributed by atoms with Crippen molar-refractivity contribution in [3.63, 3.8) is 0 Å². The summed E-state index contributed by atoms with van der Waals surface area (Å²) in [5, 5.41) is 8.85. The molecule has 2 aromatic carbocycles. The first-order valence-corrected chi connectivity index (χ1v) is 10.9. The van der Waals surface area contributed by atoms with Crippen molar-refractivity contribution in [3.05, 3.63) is 52.5 Å². The Kier molecular flexibility index (Phi) is 6.19. The minimum Gasteiger partial charge on any atom is -0.478 e. The summed E-state index contributed by atoms with van der Waals surface area (Å²) in [5.41, 5.74) is -1.26. The molecule has 2 aromatic rings. The lowest BCUT2D eigenvalue weighted by Gasteiger charge is -2.31. The van der Waals surface area contributed by atoms with Gasteiger partial charge in [-0.25, -0.2) is 13.2 Å². The maximum absolute atomic E-state index is 13.2. The van der Waals surface area contributed by atoms with E-state index < -0.39 is 32.6 Å². The molecule has 0 aliphatic carbocycles. The van der Waals surface area contributed by atoms with E-state index >= 15 is 0 Å². The molecular formula is C19H18ClF3N2O4S. The molecule has 0 spiro atoms. The van der Waals surface area contributed by atoms with Crippen LogP contribution in [0, 0.1) is 0 Å². The Bertz CT molecular complexity index is 1070. The van der Waals surface area contributed by atoms with Gasteiger partial charge in [0.25, 0.3) is 10.0 Å². The molecule has 1 heterocycles. The van der Waals surface area contributed by atoms with E-state index in [9.17, 15) is 26.4 Å². The van der Waals surface area contributed by atoms with Gasteiger partial charge in [-0.2, -0.15) is 13.2 Å². The number of nitrogens with zero attached hydrogens (tertiary/aromatic N) is 1. The van der Waals surface area contributed by atoms with Crippen LogP contribution < -0.4 is 9.62 Å². The number of alkyl halides is 3. The van der Waals surface area contributed by atoms with Crippen LogP contribution in [0.1, 0.15) is 35.2 Å². The normalized spacial score (nSPS) is 15.1. The topological polar surface area (TPSA) is 86.7 Å². The Hall–Kier alpha value is -2.46. The molecule has 1 fully saturated rings. The molecule has 1 saturated heterocycles. The summed E-state index contributed by atoms with van der Waals surface area (Å²) in [5.74, 6) is -1.36. The lowest BCUT2D eigenvalue weighted by molar-refractivity contribution is -0.137. The Labute approximate surface area is 176 Å². The molecule has 0 amide bonds. The van der Waals surface area contributed by atoms with Crippen LogP contribution in [-0.2, 0) is 16.2 Å². The summed E-state index contributed by atoms with van der Waals surface area (Å²) in [6.07, 6.45) is -2.02. The fourth-order valence-corrected chi connectivity index (χ4v) is 4.84. The first kappa shape index (κ1) is 22.2. The van der Waals surface area contributed by atoms with Crippen LogP contribution in [0.2, 0.25) is 5.02 Å². The van der Waals surface area contributed by atoms with Gasteiger partial charge in [0.1, 0.15) is 4.90 Å². The number of hydrogen-bond donors (Lipinski definition) is 2. The Morgan fingerprint density at radius 3 is 2.33 bits per heavy atom. The SMILES string of the molecule is O=C(O)c1ccc(Cl)c(S(=O)(=O)Nc2cc(C(F)(F)F)ccc2N2CCCCC2)c1. The standard InChI is InChI=1S/C19H18ClF3N2O4S/c20-14-6-4-12(18(26)27)10-17(14)30(28,29)24-15-11-13(19(21,22)23)5-7-16(15)25-8-2-1-3-9-25/h4-7,10-11,24H,1-3,8-9H2,(H,26,27). The Morgan fingerprint density at radius 1 is 1.07 bits per heavy atom. The average molecular weight is 463 g/mol. The van der Waals surface area contributed by atoms with Gasteiger partial charge in [-0.15, -0.1) is 0 Å². The zero-order valence-electron chi connectivity index (χ0n) is 15.5. The largest absolute Gasteiger partial charge is 0.478 e. The van der Waals surface area contributed by atoms with Gasteiger partial charge in [0.15, 0.2) is 0 Å². The average Bonchev–Trinajstić information content (AvgIpc) is 2.67. The number of aromatic carboxylic acids is 1. The third-order valence-electron chi connectivity index (χ3n) is 4.73. The van der Waals surface area contributed by atoms with E-state index in [2.05, 4.69) is 4.72 Å².